The van der Waals surface area contributed by atoms with Crippen molar-refractivity contribution < 1.29 is 14.2 Å². The highest BCUT2D eigenvalue weighted by molar-refractivity contribution is 6.52. The normalized spacial score (nSPS) is 12.6. The van der Waals surface area contributed by atoms with Gasteiger partial charge >= 0.3 is 7.48 Å². The lowest BCUT2D eigenvalue weighted by Gasteiger charge is -2.37. The molecule has 41 heavy (non-hydrogen) atoms. The van der Waals surface area contributed by atoms with Crippen LogP contribution in [0.5, 0.6) is 0 Å². The summed E-state index contributed by atoms with van der Waals surface area (Å²) in [7, 11) is 1.68. The highest BCUT2D eigenvalue weighted by atomic mass is 16.5. The zero-order chi connectivity index (χ0) is 28.4. The average molecular weight is 537 g/mol. The number of hydrogen-bond acceptors (Lipinski definition) is 4. The van der Waals surface area contributed by atoms with E-state index in [1.54, 1.807) is 33.7 Å². The third-order valence-corrected chi connectivity index (χ3v) is 8.40. The van der Waals surface area contributed by atoms with E-state index in [2.05, 4.69) is 94.5 Å². The number of rotatable bonds is 6. The Morgan fingerprint density at radius 2 is 1.37 bits per heavy atom. The third kappa shape index (κ3) is 4.22. The summed E-state index contributed by atoms with van der Waals surface area (Å²) in [5, 5.41) is 15.0. The third-order valence-electron chi connectivity index (χ3n) is 8.40. The van der Waals surface area contributed by atoms with E-state index in [1.807, 2.05) is 19.9 Å². The van der Waals surface area contributed by atoms with Crippen molar-refractivity contribution >= 4 is 56.7 Å². The van der Waals surface area contributed by atoms with Gasteiger partial charge in [-0.2, -0.15) is 0 Å². The fourth-order valence-electron chi connectivity index (χ4n) is 5.38. The number of para-hydroxylation sites is 2. The SMILES string of the molecule is CC(C)(O)C(C)(C)O[B]c1cncc2oc3ccc(-c4ccc(-n5c6ccccc6c6ccccc65)cc4)cc3c12. The maximum atomic E-state index is 10.5. The van der Waals surface area contributed by atoms with E-state index in [-0.39, 0.29) is 0 Å². The van der Waals surface area contributed by atoms with Gasteiger partial charge in [0.05, 0.1) is 28.4 Å². The minimum absolute atomic E-state index is 0.692. The number of aromatic nitrogens is 2. The first-order valence-corrected chi connectivity index (χ1v) is 13.8. The number of hydrogen-bond donors (Lipinski definition) is 1. The molecule has 1 radical (unpaired) electrons. The Labute approximate surface area is 239 Å². The molecule has 0 bridgehead atoms. The minimum atomic E-state index is -1.03. The molecule has 3 aromatic heterocycles. The predicted octanol–water partition coefficient (Wildman–Crippen LogP) is 7.56. The van der Waals surface area contributed by atoms with Crippen LogP contribution in [-0.4, -0.2) is 33.3 Å². The van der Waals surface area contributed by atoms with Gasteiger partial charge in [-0.05, 0) is 80.7 Å². The molecule has 0 fully saturated rings. The Kier molecular flexibility index (Phi) is 5.82. The summed E-state index contributed by atoms with van der Waals surface area (Å²) in [6.07, 6.45) is 3.50. The molecule has 0 aliphatic carbocycles. The second-order valence-corrected chi connectivity index (χ2v) is 11.6. The van der Waals surface area contributed by atoms with Gasteiger partial charge in [0.1, 0.15) is 5.58 Å². The average Bonchev–Trinajstić information content (AvgIpc) is 3.51. The molecule has 0 saturated carbocycles. The number of fused-ring (bicyclic) bond motifs is 6. The number of nitrogens with zero attached hydrogens (tertiary/aromatic N) is 2. The van der Waals surface area contributed by atoms with Gasteiger partial charge in [-0.3, -0.25) is 4.98 Å². The summed E-state index contributed by atoms with van der Waals surface area (Å²) < 4.78 is 14.5. The van der Waals surface area contributed by atoms with Crippen LogP contribution in [-0.2, 0) is 4.65 Å². The van der Waals surface area contributed by atoms with Gasteiger partial charge in [-0.1, -0.05) is 54.6 Å². The first-order chi connectivity index (χ1) is 19.7. The molecule has 0 saturated heterocycles. The molecule has 6 heteroatoms. The van der Waals surface area contributed by atoms with Crippen LogP contribution in [0.4, 0.5) is 0 Å². The molecule has 0 aliphatic rings. The fraction of sp³-hybridized carbons (Fsp3) is 0.171. The Bertz CT molecular complexity index is 2010. The van der Waals surface area contributed by atoms with Crippen LogP contribution in [0.25, 0.3) is 60.6 Å². The highest BCUT2D eigenvalue weighted by Gasteiger charge is 2.36. The zero-order valence-corrected chi connectivity index (χ0v) is 23.6. The Morgan fingerprint density at radius 3 is 2.02 bits per heavy atom. The molecule has 4 aromatic carbocycles. The zero-order valence-electron chi connectivity index (χ0n) is 23.6. The summed E-state index contributed by atoms with van der Waals surface area (Å²) in [6.45, 7) is 7.22. The monoisotopic (exact) mass is 537 g/mol. The van der Waals surface area contributed by atoms with Crippen LogP contribution >= 0.6 is 0 Å². The van der Waals surface area contributed by atoms with Gasteiger partial charge in [0.2, 0.25) is 0 Å². The number of aliphatic hydroxyl groups is 1. The molecular weight excluding hydrogens is 507 g/mol. The molecule has 0 unspecified atom stereocenters. The molecular formula is C35H30BN2O3. The Balaban J connectivity index is 1.28. The second kappa shape index (κ2) is 9.33. The van der Waals surface area contributed by atoms with Crippen molar-refractivity contribution in [2.75, 3.05) is 0 Å². The lowest BCUT2D eigenvalue weighted by atomic mass is 9.81. The van der Waals surface area contributed by atoms with E-state index in [4.69, 9.17) is 9.07 Å². The molecule has 201 valence electrons. The molecule has 7 rings (SSSR count). The van der Waals surface area contributed by atoms with Crippen LogP contribution < -0.4 is 5.46 Å². The van der Waals surface area contributed by atoms with E-state index in [0.29, 0.717) is 5.58 Å². The summed E-state index contributed by atoms with van der Waals surface area (Å²) in [5.74, 6) is 0. The maximum absolute atomic E-state index is 10.5. The molecule has 0 atom stereocenters. The van der Waals surface area contributed by atoms with Gasteiger partial charge in [0.25, 0.3) is 0 Å². The van der Waals surface area contributed by atoms with Crippen LogP contribution in [0, 0.1) is 0 Å². The van der Waals surface area contributed by atoms with E-state index in [9.17, 15) is 5.11 Å². The molecule has 7 aromatic rings. The van der Waals surface area contributed by atoms with Crippen molar-refractivity contribution in [1.29, 1.82) is 0 Å². The van der Waals surface area contributed by atoms with Crippen LogP contribution in [0.1, 0.15) is 27.7 Å². The minimum Gasteiger partial charge on any atom is -0.454 e. The standard InChI is InChI=1S/C35H30BN2O3/c1-34(2,39)35(3,4)41-36-28-20-37-21-32-33(28)27-19-23(15-18-31(27)40-32)22-13-16-24(17-14-22)38-29-11-7-5-9-25(29)26-10-6-8-12-30(26)38/h5-21,39H,1-4H3. The smallest absolute Gasteiger partial charge is 0.333 e. The molecule has 0 amide bonds. The van der Waals surface area contributed by atoms with E-state index >= 15 is 0 Å². The van der Waals surface area contributed by atoms with Crippen molar-refractivity contribution in [3.05, 3.63) is 103 Å². The summed E-state index contributed by atoms with van der Waals surface area (Å²) in [6, 6.07) is 32.1. The first-order valence-electron chi connectivity index (χ1n) is 13.8. The van der Waals surface area contributed by atoms with Crippen molar-refractivity contribution in [2.45, 2.75) is 38.9 Å². The first kappa shape index (κ1) is 25.6. The number of pyridine rings is 1. The summed E-state index contributed by atoms with van der Waals surface area (Å²) >= 11 is 0. The second-order valence-electron chi connectivity index (χ2n) is 11.6. The lowest BCUT2D eigenvalue weighted by molar-refractivity contribution is -0.0893. The van der Waals surface area contributed by atoms with Crippen molar-refractivity contribution in [3.8, 4) is 16.8 Å². The quantitative estimate of drug-likeness (QED) is 0.223. The molecule has 0 aliphatic heterocycles. The van der Waals surface area contributed by atoms with E-state index < -0.39 is 11.2 Å². The molecule has 0 spiro atoms. The number of benzene rings is 4. The largest absolute Gasteiger partial charge is 0.454 e. The summed E-state index contributed by atoms with van der Waals surface area (Å²) in [4.78, 5) is 4.36. The van der Waals surface area contributed by atoms with Crippen LogP contribution in [0.2, 0.25) is 0 Å². The van der Waals surface area contributed by atoms with Gasteiger partial charge in [0, 0.05) is 33.4 Å². The predicted molar refractivity (Wildman–Crippen MR) is 168 cm³/mol. The maximum Gasteiger partial charge on any atom is 0.333 e. The Morgan fingerprint density at radius 1 is 0.732 bits per heavy atom. The topological polar surface area (TPSA) is 60.4 Å². The summed E-state index contributed by atoms with van der Waals surface area (Å²) in [5.41, 5.74) is 6.18. The highest BCUT2D eigenvalue weighted by Crippen LogP contribution is 2.34. The van der Waals surface area contributed by atoms with Gasteiger partial charge in [-0.25, -0.2) is 0 Å². The van der Waals surface area contributed by atoms with Gasteiger partial charge in [-0.15, -0.1) is 0 Å². The van der Waals surface area contributed by atoms with E-state index in [1.165, 1.54) is 21.8 Å². The number of furan rings is 1. The molecule has 3 heterocycles. The fourth-order valence-corrected chi connectivity index (χ4v) is 5.38. The van der Waals surface area contributed by atoms with Crippen molar-refractivity contribution in [2.24, 2.45) is 0 Å². The lowest BCUT2D eigenvalue weighted by Crippen LogP contribution is -2.49. The van der Waals surface area contributed by atoms with Crippen LogP contribution in [0.3, 0.4) is 0 Å². The molecule has 5 nitrogen and oxygen atoms in total. The Hall–Kier alpha value is -4.39. The molecule has 1 N–H and O–H groups in total. The van der Waals surface area contributed by atoms with Crippen LogP contribution in [0.15, 0.2) is 108 Å². The van der Waals surface area contributed by atoms with Crippen molar-refractivity contribution in [1.82, 2.24) is 9.55 Å². The van der Waals surface area contributed by atoms with Crippen molar-refractivity contribution in [3.63, 3.8) is 0 Å². The van der Waals surface area contributed by atoms with Gasteiger partial charge in [0.15, 0.2) is 5.58 Å². The van der Waals surface area contributed by atoms with Gasteiger partial charge < -0.3 is 18.7 Å². The van der Waals surface area contributed by atoms with E-state index in [0.717, 1.165) is 38.6 Å².